The molecule has 1 saturated carbocycles. The number of aromatic nitrogens is 1. The molecule has 2 rings (SSSR count). The second kappa shape index (κ2) is 5.07. The van der Waals surface area contributed by atoms with Crippen LogP contribution in [0.3, 0.4) is 0 Å². The Morgan fingerprint density at radius 2 is 2.00 bits per heavy atom. The van der Waals surface area contributed by atoms with Gasteiger partial charge in [0, 0.05) is 11.3 Å². The lowest BCUT2D eigenvalue weighted by atomic mass is 9.76. The monoisotopic (exact) mass is 253 g/mol. The SMILES string of the molecule is CCC1CCC(O)(Cc2nc(C)c(C)s2)CC1. The molecule has 1 aromatic heterocycles. The van der Waals surface area contributed by atoms with E-state index >= 15 is 0 Å². The number of nitrogens with zero attached hydrogens (tertiary/aromatic N) is 1. The number of hydrogen-bond acceptors (Lipinski definition) is 3. The van der Waals surface area contributed by atoms with Crippen LogP contribution in [0.15, 0.2) is 0 Å². The zero-order valence-corrected chi connectivity index (χ0v) is 11.9. The van der Waals surface area contributed by atoms with Crippen LogP contribution in [0.1, 0.15) is 54.6 Å². The molecule has 0 unspecified atom stereocenters. The zero-order valence-electron chi connectivity index (χ0n) is 11.1. The van der Waals surface area contributed by atoms with Crippen LogP contribution in [-0.2, 0) is 6.42 Å². The first-order valence-electron chi connectivity index (χ1n) is 6.68. The lowest BCUT2D eigenvalue weighted by Gasteiger charge is -2.35. The molecular formula is C14H23NOS. The van der Waals surface area contributed by atoms with Crippen LogP contribution in [0.4, 0.5) is 0 Å². The first kappa shape index (κ1) is 13.0. The summed E-state index contributed by atoms with van der Waals surface area (Å²) in [6, 6.07) is 0. The van der Waals surface area contributed by atoms with Crippen molar-refractivity contribution in [3.8, 4) is 0 Å². The molecule has 96 valence electrons. The highest BCUT2D eigenvalue weighted by Gasteiger charge is 2.33. The lowest BCUT2D eigenvalue weighted by Crippen LogP contribution is -2.36. The van der Waals surface area contributed by atoms with E-state index in [0.717, 1.165) is 35.9 Å². The van der Waals surface area contributed by atoms with Gasteiger partial charge in [-0.1, -0.05) is 13.3 Å². The third-order valence-corrected chi connectivity index (χ3v) is 5.24. The van der Waals surface area contributed by atoms with Crippen LogP contribution in [0.5, 0.6) is 0 Å². The molecule has 2 nitrogen and oxygen atoms in total. The average molecular weight is 253 g/mol. The highest BCUT2D eigenvalue weighted by atomic mass is 32.1. The molecule has 1 aliphatic carbocycles. The molecule has 0 aromatic carbocycles. The molecule has 3 heteroatoms. The molecule has 1 N–H and O–H groups in total. The van der Waals surface area contributed by atoms with E-state index in [-0.39, 0.29) is 0 Å². The largest absolute Gasteiger partial charge is 0.389 e. The van der Waals surface area contributed by atoms with Crippen molar-refractivity contribution in [2.75, 3.05) is 0 Å². The normalized spacial score (nSPS) is 29.5. The fourth-order valence-electron chi connectivity index (χ4n) is 2.70. The number of aliphatic hydroxyl groups is 1. The quantitative estimate of drug-likeness (QED) is 0.892. The average Bonchev–Trinajstić information content (AvgIpc) is 2.58. The summed E-state index contributed by atoms with van der Waals surface area (Å²) < 4.78 is 0. The van der Waals surface area contributed by atoms with Crippen LogP contribution in [0, 0.1) is 19.8 Å². The molecule has 0 atom stereocenters. The van der Waals surface area contributed by atoms with E-state index in [0.29, 0.717) is 0 Å². The Morgan fingerprint density at radius 1 is 1.35 bits per heavy atom. The number of rotatable bonds is 3. The number of aryl methyl sites for hydroxylation is 2. The van der Waals surface area contributed by atoms with Gasteiger partial charge in [-0.05, 0) is 45.4 Å². The van der Waals surface area contributed by atoms with E-state index < -0.39 is 5.60 Å². The maximum atomic E-state index is 10.6. The first-order chi connectivity index (χ1) is 8.02. The summed E-state index contributed by atoms with van der Waals surface area (Å²) >= 11 is 1.74. The zero-order chi connectivity index (χ0) is 12.5. The second-order valence-electron chi connectivity index (χ2n) is 5.50. The van der Waals surface area contributed by atoms with Crippen LogP contribution in [0.25, 0.3) is 0 Å². The molecule has 0 aliphatic heterocycles. The van der Waals surface area contributed by atoms with Gasteiger partial charge < -0.3 is 5.11 Å². The third-order valence-electron chi connectivity index (χ3n) is 4.17. The summed E-state index contributed by atoms with van der Waals surface area (Å²) in [4.78, 5) is 5.83. The molecule has 0 bridgehead atoms. The van der Waals surface area contributed by atoms with Crippen molar-refractivity contribution in [3.05, 3.63) is 15.6 Å². The summed E-state index contributed by atoms with van der Waals surface area (Å²) in [5.41, 5.74) is 0.637. The van der Waals surface area contributed by atoms with Crippen LogP contribution in [-0.4, -0.2) is 15.7 Å². The van der Waals surface area contributed by atoms with Crippen LogP contribution < -0.4 is 0 Å². The van der Waals surface area contributed by atoms with E-state index in [9.17, 15) is 5.11 Å². The number of hydrogen-bond donors (Lipinski definition) is 1. The van der Waals surface area contributed by atoms with Crippen molar-refractivity contribution in [1.29, 1.82) is 0 Å². The molecule has 1 fully saturated rings. The van der Waals surface area contributed by atoms with Crippen molar-refractivity contribution in [2.45, 2.75) is 64.9 Å². The van der Waals surface area contributed by atoms with Gasteiger partial charge in [0.25, 0.3) is 0 Å². The predicted molar refractivity (Wildman–Crippen MR) is 72.5 cm³/mol. The Morgan fingerprint density at radius 3 is 2.47 bits per heavy atom. The van der Waals surface area contributed by atoms with E-state index in [1.807, 2.05) is 6.92 Å². The molecule has 0 saturated heterocycles. The highest BCUT2D eigenvalue weighted by Crippen LogP contribution is 2.36. The minimum Gasteiger partial charge on any atom is -0.389 e. The molecular weight excluding hydrogens is 230 g/mol. The summed E-state index contributed by atoms with van der Waals surface area (Å²) in [6.45, 7) is 6.41. The van der Waals surface area contributed by atoms with Gasteiger partial charge in [-0.3, -0.25) is 0 Å². The molecule has 0 spiro atoms. The van der Waals surface area contributed by atoms with Crippen molar-refractivity contribution >= 4 is 11.3 Å². The minimum atomic E-state index is -0.484. The van der Waals surface area contributed by atoms with Crippen LogP contribution >= 0.6 is 11.3 Å². The smallest absolute Gasteiger partial charge is 0.0959 e. The first-order valence-corrected chi connectivity index (χ1v) is 7.49. The lowest BCUT2D eigenvalue weighted by molar-refractivity contribution is -0.00926. The van der Waals surface area contributed by atoms with Gasteiger partial charge in [-0.2, -0.15) is 0 Å². The molecule has 1 aromatic rings. The van der Waals surface area contributed by atoms with Gasteiger partial charge in [-0.15, -0.1) is 11.3 Å². The Bertz CT molecular complexity index is 358. The number of thiazole rings is 1. The summed E-state index contributed by atoms with van der Waals surface area (Å²) in [5.74, 6) is 0.829. The Balaban J connectivity index is 1.98. The van der Waals surface area contributed by atoms with E-state index in [1.54, 1.807) is 11.3 Å². The maximum absolute atomic E-state index is 10.6. The predicted octanol–water partition coefficient (Wildman–Crippen LogP) is 3.63. The molecule has 1 aliphatic rings. The van der Waals surface area contributed by atoms with Gasteiger partial charge in [0.05, 0.1) is 16.3 Å². The highest BCUT2D eigenvalue weighted by molar-refractivity contribution is 7.11. The summed E-state index contributed by atoms with van der Waals surface area (Å²) in [5, 5.41) is 11.7. The van der Waals surface area contributed by atoms with Gasteiger partial charge in [0.2, 0.25) is 0 Å². The maximum Gasteiger partial charge on any atom is 0.0959 e. The van der Waals surface area contributed by atoms with Gasteiger partial charge in [0.15, 0.2) is 0 Å². The van der Waals surface area contributed by atoms with Crippen molar-refractivity contribution < 1.29 is 5.11 Å². The topological polar surface area (TPSA) is 33.1 Å². The minimum absolute atomic E-state index is 0.484. The van der Waals surface area contributed by atoms with Gasteiger partial charge in [0.1, 0.15) is 0 Å². The van der Waals surface area contributed by atoms with Gasteiger partial charge >= 0.3 is 0 Å². The molecule has 1 heterocycles. The fraction of sp³-hybridized carbons (Fsp3) is 0.786. The van der Waals surface area contributed by atoms with E-state index in [4.69, 9.17) is 0 Å². The van der Waals surface area contributed by atoms with Crippen LogP contribution in [0.2, 0.25) is 0 Å². The Hall–Kier alpha value is -0.410. The van der Waals surface area contributed by atoms with Crippen molar-refractivity contribution in [2.24, 2.45) is 5.92 Å². The molecule has 17 heavy (non-hydrogen) atoms. The standard InChI is InChI=1S/C14H23NOS/c1-4-12-5-7-14(16,8-6-12)9-13-15-10(2)11(3)17-13/h12,16H,4-9H2,1-3H3. The molecule has 0 radical (unpaired) electrons. The molecule has 0 amide bonds. The van der Waals surface area contributed by atoms with E-state index in [1.165, 1.54) is 24.1 Å². The summed E-state index contributed by atoms with van der Waals surface area (Å²) in [6.07, 6.45) is 6.26. The Labute approximate surface area is 108 Å². The van der Waals surface area contributed by atoms with Crippen molar-refractivity contribution in [1.82, 2.24) is 4.98 Å². The second-order valence-corrected chi connectivity index (χ2v) is 6.79. The van der Waals surface area contributed by atoms with Gasteiger partial charge in [-0.25, -0.2) is 4.98 Å². The third kappa shape index (κ3) is 3.08. The Kier molecular flexibility index (Phi) is 3.88. The van der Waals surface area contributed by atoms with E-state index in [2.05, 4.69) is 18.8 Å². The fourth-order valence-corrected chi connectivity index (χ4v) is 3.77. The summed E-state index contributed by atoms with van der Waals surface area (Å²) in [7, 11) is 0. The van der Waals surface area contributed by atoms with Crippen molar-refractivity contribution in [3.63, 3.8) is 0 Å².